The lowest BCUT2D eigenvalue weighted by molar-refractivity contribution is 0.207. The summed E-state index contributed by atoms with van der Waals surface area (Å²) in [5, 5.41) is 3.81. The van der Waals surface area contributed by atoms with Crippen molar-refractivity contribution in [1.82, 2.24) is 10.3 Å². The van der Waals surface area contributed by atoms with E-state index in [1.165, 1.54) is 44.1 Å². The van der Waals surface area contributed by atoms with Gasteiger partial charge in [0.25, 0.3) is 0 Å². The fraction of sp³-hybridized carbons (Fsp3) is 0.722. The molecule has 3 unspecified atom stereocenters. The lowest BCUT2D eigenvalue weighted by Crippen LogP contribution is -2.40. The predicted octanol–water partition coefficient (Wildman–Crippen LogP) is 4.21. The molecule has 20 heavy (non-hydrogen) atoms. The van der Waals surface area contributed by atoms with Crippen LogP contribution in [0.25, 0.3) is 0 Å². The lowest BCUT2D eigenvalue weighted by Gasteiger charge is -2.35. The van der Waals surface area contributed by atoms with Gasteiger partial charge in [-0.05, 0) is 61.8 Å². The molecule has 0 spiro atoms. The van der Waals surface area contributed by atoms with Crippen molar-refractivity contribution in [3.05, 3.63) is 30.1 Å². The van der Waals surface area contributed by atoms with E-state index in [1.807, 2.05) is 12.4 Å². The Labute approximate surface area is 124 Å². The second-order valence-corrected chi connectivity index (χ2v) is 6.32. The molecule has 0 bridgehead atoms. The van der Waals surface area contributed by atoms with Gasteiger partial charge in [-0.3, -0.25) is 4.98 Å². The van der Waals surface area contributed by atoms with E-state index in [-0.39, 0.29) is 0 Å². The number of rotatable bonds is 7. The van der Waals surface area contributed by atoms with E-state index in [1.54, 1.807) is 0 Å². The lowest BCUT2D eigenvalue weighted by atomic mass is 9.75. The third kappa shape index (κ3) is 4.59. The average molecular weight is 274 g/mol. The fourth-order valence-corrected chi connectivity index (χ4v) is 3.58. The summed E-state index contributed by atoms with van der Waals surface area (Å²) >= 11 is 0. The molecule has 1 heterocycles. The Morgan fingerprint density at radius 1 is 1.25 bits per heavy atom. The van der Waals surface area contributed by atoms with E-state index in [0.717, 1.165) is 24.8 Å². The van der Waals surface area contributed by atoms with Crippen LogP contribution in [0.4, 0.5) is 0 Å². The van der Waals surface area contributed by atoms with Gasteiger partial charge in [0.05, 0.1) is 0 Å². The molecule has 1 N–H and O–H groups in total. The topological polar surface area (TPSA) is 24.9 Å². The summed E-state index contributed by atoms with van der Waals surface area (Å²) in [6, 6.07) is 4.98. The van der Waals surface area contributed by atoms with Gasteiger partial charge in [-0.15, -0.1) is 0 Å². The molecule has 3 atom stereocenters. The Kier molecular flexibility index (Phi) is 6.52. The third-order valence-corrected chi connectivity index (χ3v) is 4.83. The molecule has 1 aromatic heterocycles. The van der Waals surface area contributed by atoms with Crippen molar-refractivity contribution in [3.8, 4) is 0 Å². The minimum Gasteiger partial charge on any atom is -0.313 e. The van der Waals surface area contributed by atoms with E-state index in [4.69, 9.17) is 0 Å². The molecule has 2 heteroatoms. The summed E-state index contributed by atoms with van der Waals surface area (Å²) in [7, 11) is 0. The molecule has 2 rings (SSSR count). The Bertz CT molecular complexity index is 363. The zero-order chi connectivity index (χ0) is 14.2. The second-order valence-electron chi connectivity index (χ2n) is 6.32. The summed E-state index contributed by atoms with van der Waals surface area (Å²) in [6.07, 6.45) is 13.3. The largest absolute Gasteiger partial charge is 0.313 e. The smallest absolute Gasteiger partial charge is 0.0270 e. The van der Waals surface area contributed by atoms with Crippen LogP contribution in [0.15, 0.2) is 24.5 Å². The molecule has 0 radical (unpaired) electrons. The molecular formula is C18H30N2. The Morgan fingerprint density at radius 2 is 2.05 bits per heavy atom. The minimum absolute atomic E-state index is 0.645. The van der Waals surface area contributed by atoms with Crippen molar-refractivity contribution in [2.24, 2.45) is 11.8 Å². The van der Waals surface area contributed by atoms with Crippen molar-refractivity contribution < 1.29 is 0 Å². The van der Waals surface area contributed by atoms with Crippen LogP contribution in [0.3, 0.4) is 0 Å². The molecule has 112 valence electrons. The van der Waals surface area contributed by atoms with Crippen molar-refractivity contribution in [2.75, 3.05) is 6.54 Å². The number of hydrogen-bond acceptors (Lipinski definition) is 2. The Hall–Kier alpha value is -0.890. The maximum atomic E-state index is 4.13. The summed E-state index contributed by atoms with van der Waals surface area (Å²) in [5.74, 6) is 1.81. The maximum Gasteiger partial charge on any atom is 0.0270 e. The van der Waals surface area contributed by atoms with Gasteiger partial charge in [0.1, 0.15) is 0 Å². The van der Waals surface area contributed by atoms with Crippen LogP contribution in [0.2, 0.25) is 0 Å². The summed E-state index contributed by atoms with van der Waals surface area (Å²) in [6.45, 7) is 5.75. The first-order valence-corrected chi connectivity index (χ1v) is 8.45. The van der Waals surface area contributed by atoms with Gasteiger partial charge >= 0.3 is 0 Å². The highest BCUT2D eigenvalue weighted by Gasteiger charge is 2.27. The molecule has 0 saturated heterocycles. The van der Waals surface area contributed by atoms with Crippen LogP contribution in [-0.2, 0) is 6.42 Å². The summed E-state index contributed by atoms with van der Waals surface area (Å²) in [4.78, 5) is 4.13. The highest BCUT2D eigenvalue weighted by atomic mass is 14.9. The van der Waals surface area contributed by atoms with Gasteiger partial charge in [-0.1, -0.05) is 33.1 Å². The first-order chi connectivity index (χ1) is 9.83. The van der Waals surface area contributed by atoms with Gasteiger partial charge in [0, 0.05) is 18.4 Å². The SMILES string of the molecule is CCCNC(Cc1ccncc1)C1CCCC(CC)C1. The van der Waals surface area contributed by atoms with Gasteiger partial charge in [-0.2, -0.15) is 0 Å². The quantitative estimate of drug-likeness (QED) is 0.805. The van der Waals surface area contributed by atoms with Crippen LogP contribution < -0.4 is 5.32 Å². The van der Waals surface area contributed by atoms with Gasteiger partial charge in [-0.25, -0.2) is 0 Å². The number of aromatic nitrogens is 1. The fourth-order valence-electron chi connectivity index (χ4n) is 3.58. The summed E-state index contributed by atoms with van der Waals surface area (Å²) in [5.41, 5.74) is 1.42. The number of nitrogens with one attached hydrogen (secondary N) is 1. The second kappa shape index (κ2) is 8.41. The summed E-state index contributed by atoms with van der Waals surface area (Å²) < 4.78 is 0. The standard InChI is InChI=1S/C18H30N2/c1-3-10-20-18(14-16-8-11-19-12-9-16)17-7-5-6-15(4-2)13-17/h8-9,11-12,15,17-18,20H,3-7,10,13-14H2,1-2H3. The van der Waals surface area contributed by atoms with Crippen molar-refractivity contribution in [1.29, 1.82) is 0 Å². The zero-order valence-corrected chi connectivity index (χ0v) is 13.1. The van der Waals surface area contributed by atoms with Crippen LogP contribution in [0, 0.1) is 11.8 Å². The highest BCUT2D eigenvalue weighted by molar-refractivity contribution is 5.12. The molecule has 1 aliphatic rings. The Balaban J connectivity index is 1.98. The van der Waals surface area contributed by atoms with E-state index in [9.17, 15) is 0 Å². The van der Waals surface area contributed by atoms with E-state index in [2.05, 4.69) is 36.3 Å². The minimum atomic E-state index is 0.645. The average Bonchev–Trinajstić information content (AvgIpc) is 2.52. The highest BCUT2D eigenvalue weighted by Crippen LogP contribution is 2.33. The van der Waals surface area contributed by atoms with Crippen LogP contribution in [0.1, 0.15) is 57.9 Å². The number of hydrogen-bond donors (Lipinski definition) is 1. The van der Waals surface area contributed by atoms with Crippen molar-refractivity contribution in [2.45, 2.75) is 64.8 Å². The first kappa shape index (κ1) is 15.5. The molecule has 2 nitrogen and oxygen atoms in total. The normalized spacial score (nSPS) is 24.5. The van der Waals surface area contributed by atoms with E-state index < -0.39 is 0 Å². The maximum absolute atomic E-state index is 4.13. The van der Waals surface area contributed by atoms with Crippen LogP contribution in [0.5, 0.6) is 0 Å². The predicted molar refractivity (Wildman–Crippen MR) is 85.8 cm³/mol. The number of nitrogens with zero attached hydrogens (tertiary/aromatic N) is 1. The molecule has 0 aliphatic heterocycles. The van der Waals surface area contributed by atoms with Crippen LogP contribution in [-0.4, -0.2) is 17.6 Å². The molecular weight excluding hydrogens is 244 g/mol. The molecule has 1 aliphatic carbocycles. The zero-order valence-electron chi connectivity index (χ0n) is 13.1. The van der Waals surface area contributed by atoms with Crippen LogP contribution >= 0.6 is 0 Å². The van der Waals surface area contributed by atoms with Crippen molar-refractivity contribution >= 4 is 0 Å². The van der Waals surface area contributed by atoms with E-state index >= 15 is 0 Å². The monoisotopic (exact) mass is 274 g/mol. The molecule has 0 aromatic carbocycles. The molecule has 0 amide bonds. The Morgan fingerprint density at radius 3 is 2.75 bits per heavy atom. The molecule has 1 saturated carbocycles. The van der Waals surface area contributed by atoms with E-state index in [0.29, 0.717) is 6.04 Å². The number of pyridine rings is 1. The van der Waals surface area contributed by atoms with Gasteiger partial charge in [0.2, 0.25) is 0 Å². The molecule has 1 fully saturated rings. The molecule has 1 aromatic rings. The van der Waals surface area contributed by atoms with Gasteiger partial charge in [0.15, 0.2) is 0 Å². The van der Waals surface area contributed by atoms with Gasteiger partial charge < -0.3 is 5.32 Å². The third-order valence-electron chi connectivity index (χ3n) is 4.83. The first-order valence-electron chi connectivity index (χ1n) is 8.45. The van der Waals surface area contributed by atoms with Crippen molar-refractivity contribution in [3.63, 3.8) is 0 Å².